The predicted octanol–water partition coefficient (Wildman–Crippen LogP) is 1.33. The van der Waals surface area contributed by atoms with Gasteiger partial charge in [0.25, 0.3) is 0 Å². The second kappa shape index (κ2) is 4.84. The molecule has 1 aliphatic heterocycles. The summed E-state index contributed by atoms with van der Waals surface area (Å²) < 4.78 is 5.44. The Balaban J connectivity index is 2.30. The molecule has 1 aliphatic rings. The monoisotopic (exact) mass is 242 g/mol. The molecule has 1 aromatic heterocycles. The molecule has 0 spiro atoms. The van der Waals surface area contributed by atoms with Gasteiger partial charge in [0, 0.05) is 6.54 Å². The molecule has 2 heterocycles. The van der Waals surface area contributed by atoms with Crippen LogP contribution in [0.25, 0.3) is 0 Å². The maximum Gasteiger partial charge on any atom is 0.222 e. The Morgan fingerprint density at radius 2 is 2.50 bits per heavy atom. The number of nitrogen functional groups attached to an aromatic ring is 1. The number of aromatic nitrogens is 2. The van der Waals surface area contributed by atoms with Crippen LogP contribution in [0.4, 0.5) is 11.8 Å². The third kappa shape index (κ3) is 2.20. The fourth-order valence-electron chi connectivity index (χ4n) is 1.84. The summed E-state index contributed by atoms with van der Waals surface area (Å²) in [5, 5.41) is 0.537. The molecule has 5 nitrogen and oxygen atoms in total. The lowest BCUT2D eigenvalue weighted by atomic mass is 10.2. The molecule has 0 saturated carbocycles. The van der Waals surface area contributed by atoms with Crippen LogP contribution in [0.1, 0.15) is 13.3 Å². The molecule has 88 valence electrons. The van der Waals surface area contributed by atoms with Gasteiger partial charge in [-0.1, -0.05) is 18.5 Å². The maximum atomic E-state index is 6.09. The Hall–Kier alpha value is -1.07. The van der Waals surface area contributed by atoms with Crippen molar-refractivity contribution >= 4 is 23.4 Å². The topological polar surface area (TPSA) is 64.3 Å². The van der Waals surface area contributed by atoms with Crippen molar-refractivity contribution in [2.24, 2.45) is 0 Å². The number of nitrogens with zero attached hydrogens (tertiary/aromatic N) is 3. The quantitative estimate of drug-likeness (QED) is 0.848. The van der Waals surface area contributed by atoms with E-state index in [1.807, 2.05) is 0 Å². The second-order valence-corrected chi connectivity index (χ2v) is 4.14. The minimum absolute atomic E-state index is 0.251. The lowest BCUT2D eigenvalue weighted by molar-refractivity contribution is 0.0926. The van der Waals surface area contributed by atoms with E-state index < -0.39 is 0 Å². The predicted molar refractivity (Wildman–Crippen MR) is 63.7 cm³/mol. The molecule has 1 aromatic rings. The average molecular weight is 243 g/mol. The number of anilines is 2. The number of ether oxygens (including phenoxy) is 1. The fraction of sp³-hybridized carbons (Fsp3) is 0.600. The van der Waals surface area contributed by atoms with Crippen molar-refractivity contribution < 1.29 is 4.74 Å². The Morgan fingerprint density at radius 3 is 3.25 bits per heavy atom. The molecule has 0 amide bonds. The second-order valence-electron chi connectivity index (χ2n) is 3.73. The molecular formula is C10H15ClN4O. The summed E-state index contributed by atoms with van der Waals surface area (Å²) in [4.78, 5) is 10.2. The molecule has 0 aliphatic carbocycles. The van der Waals surface area contributed by atoms with Crippen LogP contribution in [0.2, 0.25) is 5.02 Å². The van der Waals surface area contributed by atoms with Gasteiger partial charge in [-0.25, -0.2) is 4.98 Å². The number of nitrogens with two attached hydrogens (primary N) is 1. The van der Waals surface area contributed by atoms with Crippen molar-refractivity contribution in [3.05, 3.63) is 11.2 Å². The number of halogens is 1. The van der Waals surface area contributed by atoms with Gasteiger partial charge in [-0.05, 0) is 6.42 Å². The zero-order valence-electron chi connectivity index (χ0n) is 9.19. The van der Waals surface area contributed by atoms with Gasteiger partial charge in [0.2, 0.25) is 5.95 Å². The molecule has 16 heavy (non-hydrogen) atoms. The van der Waals surface area contributed by atoms with E-state index in [9.17, 15) is 0 Å². The van der Waals surface area contributed by atoms with E-state index in [0.29, 0.717) is 30.1 Å². The average Bonchev–Trinajstić information content (AvgIpc) is 2.32. The minimum Gasteiger partial charge on any atom is -0.377 e. The number of hydrogen-bond donors (Lipinski definition) is 1. The molecule has 1 unspecified atom stereocenters. The summed E-state index contributed by atoms with van der Waals surface area (Å²) in [6, 6.07) is 0.306. The molecule has 1 fully saturated rings. The Morgan fingerprint density at radius 1 is 1.69 bits per heavy atom. The SMILES string of the molecule is CCC1COCCN1c1nc(N)ncc1Cl. The van der Waals surface area contributed by atoms with Crippen LogP contribution in [0.5, 0.6) is 0 Å². The summed E-state index contributed by atoms with van der Waals surface area (Å²) in [7, 11) is 0. The maximum absolute atomic E-state index is 6.09. The van der Waals surface area contributed by atoms with Crippen LogP contribution in [-0.4, -0.2) is 35.8 Å². The van der Waals surface area contributed by atoms with Crippen LogP contribution >= 0.6 is 11.6 Å². The van der Waals surface area contributed by atoms with Gasteiger partial charge in [-0.2, -0.15) is 4.98 Å². The van der Waals surface area contributed by atoms with E-state index in [1.165, 1.54) is 0 Å². The molecule has 0 aromatic carbocycles. The molecule has 6 heteroatoms. The van der Waals surface area contributed by atoms with Crippen molar-refractivity contribution in [3.63, 3.8) is 0 Å². The molecule has 2 N–H and O–H groups in total. The minimum atomic E-state index is 0.251. The highest BCUT2D eigenvalue weighted by Crippen LogP contribution is 2.27. The zero-order valence-corrected chi connectivity index (χ0v) is 9.94. The van der Waals surface area contributed by atoms with Crippen LogP contribution in [0, 0.1) is 0 Å². The molecule has 0 radical (unpaired) electrons. The normalized spacial score (nSPS) is 21.1. The summed E-state index contributed by atoms with van der Waals surface area (Å²) in [5.41, 5.74) is 5.58. The van der Waals surface area contributed by atoms with E-state index in [2.05, 4.69) is 21.8 Å². The highest BCUT2D eigenvalue weighted by atomic mass is 35.5. The summed E-state index contributed by atoms with van der Waals surface area (Å²) in [6.07, 6.45) is 2.53. The van der Waals surface area contributed by atoms with Crippen molar-refractivity contribution in [3.8, 4) is 0 Å². The van der Waals surface area contributed by atoms with Gasteiger partial charge in [0.05, 0.1) is 25.5 Å². The van der Waals surface area contributed by atoms with Gasteiger partial charge >= 0.3 is 0 Å². The van der Waals surface area contributed by atoms with Gasteiger partial charge in [-0.15, -0.1) is 0 Å². The molecule has 1 saturated heterocycles. The fourth-order valence-corrected chi connectivity index (χ4v) is 2.04. The van der Waals surface area contributed by atoms with E-state index in [-0.39, 0.29) is 5.95 Å². The van der Waals surface area contributed by atoms with E-state index in [0.717, 1.165) is 13.0 Å². The van der Waals surface area contributed by atoms with Crippen LogP contribution in [0.15, 0.2) is 6.20 Å². The molecule has 1 atom stereocenters. The number of hydrogen-bond acceptors (Lipinski definition) is 5. The first-order chi connectivity index (χ1) is 7.72. The lowest BCUT2D eigenvalue weighted by Gasteiger charge is -2.36. The highest BCUT2D eigenvalue weighted by Gasteiger charge is 2.24. The molecule has 2 rings (SSSR count). The van der Waals surface area contributed by atoms with Crippen molar-refractivity contribution in [1.82, 2.24) is 9.97 Å². The van der Waals surface area contributed by atoms with Gasteiger partial charge in [0.15, 0.2) is 5.82 Å². The van der Waals surface area contributed by atoms with Crippen LogP contribution < -0.4 is 10.6 Å². The number of rotatable bonds is 2. The molecular weight excluding hydrogens is 228 g/mol. The van der Waals surface area contributed by atoms with Crippen LogP contribution in [-0.2, 0) is 4.74 Å². The summed E-state index contributed by atoms with van der Waals surface area (Å²) in [6.45, 7) is 4.30. The van der Waals surface area contributed by atoms with Gasteiger partial charge < -0.3 is 15.4 Å². The summed E-state index contributed by atoms with van der Waals surface area (Å²) in [5.74, 6) is 0.963. The first kappa shape index (κ1) is 11.4. The van der Waals surface area contributed by atoms with E-state index >= 15 is 0 Å². The Labute approximate surface area is 99.6 Å². The van der Waals surface area contributed by atoms with E-state index in [1.54, 1.807) is 6.20 Å². The third-order valence-electron chi connectivity index (χ3n) is 2.72. The zero-order chi connectivity index (χ0) is 11.5. The van der Waals surface area contributed by atoms with Gasteiger partial charge in [-0.3, -0.25) is 0 Å². The van der Waals surface area contributed by atoms with Crippen molar-refractivity contribution in [2.45, 2.75) is 19.4 Å². The first-order valence-corrected chi connectivity index (χ1v) is 5.72. The highest BCUT2D eigenvalue weighted by molar-refractivity contribution is 6.32. The first-order valence-electron chi connectivity index (χ1n) is 5.34. The summed E-state index contributed by atoms with van der Waals surface area (Å²) >= 11 is 6.09. The standard InChI is InChI=1S/C10H15ClN4O/c1-2-7-6-16-4-3-15(7)9-8(11)5-13-10(12)14-9/h5,7H,2-4,6H2,1H3,(H2,12,13,14). The Kier molecular flexibility index (Phi) is 3.46. The number of morpholine rings is 1. The third-order valence-corrected chi connectivity index (χ3v) is 2.98. The van der Waals surface area contributed by atoms with Gasteiger partial charge in [0.1, 0.15) is 5.02 Å². The van der Waals surface area contributed by atoms with Crippen molar-refractivity contribution in [1.29, 1.82) is 0 Å². The molecule has 0 bridgehead atoms. The largest absolute Gasteiger partial charge is 0.377 e. The Bertz CT molecular complexity index is 374. The lowest BCUT2D eigenvalue weighted by Crippen LogP contribution is -2.45. The van der Waals surface area contributed by atoms with E-state index in [4.69, 9.17) is 22.1 Å². The van der Waals surface area contributed by atoms with Crippen molar-refractivity contribution in [2.75, 3.05) is 30.4 Å². The smallest absolute Gasteiger partial charge is 0.222 e. The van der Waals surface area contributed by atoms with Crippen LogP contribution in [0.3, 0.4) is 0 Å².